The number of nitrogens with zero attached hydrogens (tertiary/aromatic N) is 1. The standard InChI is InChI=1S/C11H24N2O/c1-9-5-13(6-10(2)14-9)8-11(3,4)7-12/h9-10H,5-8,12H2,1-4H3. The molecular weight excluding hydrogens is 176 g/mol. The Morgan fingerprint density at radius 1 is 1.29 bits per heavy atom. The van der Waals surface area contributed by atoms with Crippen LogP contribution in [0.2, 0.25) is 0 Å². The van der Waals surface area contributed by atoms with Gasteiger partial charge in [0.2, 0.25) is 0 Å². The highest BCUT2D eigenvalue weighted by molar-refractivity contribution is 4.80. The van der Waals surface area contributed by atoms with Gasteiger partial charge in [0.15, 0.2) is 0 Å². The van der Waals surface area contributed by atoms with Gasteiger partial charge in [-0.15, -0.1) is 0 Å². The Bertz CT molecular complexity index is 172. The van der Waals surface area contributed by atoms with Gasteiger partial charge in [-0.3, -0.25) is 4.90 Å². The first kappa shape index (κ1) is 12.0. The average Bonchev–Trinajstić information content (AvgIpc) is 2.01. The van der Waals surface area contributed by atoms with Crippen LogP contribution in [0.3, 0.4) is 0 Å². The molecule has 1 aliphatic rings. The lowest BCUT2D eigenvalue weighted by molar-refractivity contribution is -0.0751. The highest BCUT2D eigenvalue weighted by atomic mass is 16.5. The van der Waals surface area contributed by atoms with Crippen molar-refractivity contribution in [1.29, 1.82) is 0 Å². The molecule has 2 N–H and O–H groups in total. The Labute approximate surface area is 87.6 Å². The summed E-state index contributed by atoms with van der Waals surface area (Å²) in [5.41, 5.74) is 5.95. The van der Waals surface area contributed by atoms with E-state index in [1.165, 1.54) is 0 Å². The van der Waals surface area contributed by atoms with Gasteiger partial charge in [0.25, 0.3) is 0 Å². The van der Waals surface area contributed by atoms with Crippen molar-refractivity contribution in [3.05, 3.63) is 0 Å². The molecule has 0 radical (unpaired) electrons. The monoisotopic (exact) mass is 200 g/mol. The molecule has 3 heteroatoms. The topological polar surface area (TPSA) is 38.5 Å². The SMILES string of the molecule is CC1CN(CC(C)(C)CN)CC(C)O1. The summed E-state index contributed by atoms with van der Waals surface area (Å²) in [6, 6.07) is 0. The number of ether oxygens (including phenoxy) is 1. The fraction of sp³-hybridized carbons (Fsp3) is 1.00. The van der Waals surface area contributed by atoms with E-state index in [1.54, 1.807) is 0 Å². The number of hydrogen-bond donors (Lipinski definition) is 1. The van der Waals surface area contributed by atoms with E-state index in [1.807, 2.05) is 0 Å². The lowest BCUT2D eigenvalue weighted by Gasteiger charge is -2.39. The first-order valence-electron chi connectivity index (χ1n) is 5.51. The Kier molecular flexibility index (Phi) is 3.93. The predicted molar refractivity (Wildman–Crippen MR) is 59.3 cm³/mol. The first-order valence-corrected chi connectivity index (χ1v) is 5.51. The number of nitrogens with two attached hydrogens (primary N) is 1. The van der Waals surface area contributed by atoms with Crippen molar-refractivity contribution in [3.8, 4) is 0 Å². The van der Waals surface area contributed by atoms with Crippen LogP contribution in [0.1, 0.15) is 27.7 Å². The van der Waals surface area contributed by atoms with Gasteiger partial charge >= 0.3 is 0 Å². The maximum Gasteiger partial charge on any atom is 0.0678 e. The number of rotatable bonds is 3. The molecular formula is C11H24N2O. The minimum absolute atomic E-state index is 0.219. The molecule has 0 aliphatic carbocycles. The summed E-state index contributed by atoms with van der Waals surface area (Å²) < 4.78 is 5.69. The van der Waals surface area contributed by atoms with Crippen molar-refractivity contribution in [3.63, 3.8) is 0 Å². The normalized spacial score (nSPS) is 30.6. The molecule has 0 aromatic rings. The van der Waals surface area contributed by atoms with E-state index in [4.69, 9.17) is 10.5 Å². The molecule has 0 aromatic heterocycles. The molecule has 0 bridgehead atoms. The number of morpholine rings is 1. The van der Waals surface area contributed by atoms with E-state index >= 15 is 0 Å². The summed E-state index contributed by atoms with van der Waals surface area (Å²) in [6.45, 7) is 12.6. The molecule has 84 valence electrons. The second-order valence-electron chi connectivity index (χ2n) is 5.32. The zero-order valence-corrected chi connectivity index (χ0v) is 9.92. The van der Waals surface area contributed by atoms with Crippen molar-refractivity contribution in [2.24, 2.45) is 11.1 Å². The number of hydrogen-bond acceptors (Lipinski definition) is 3. The van der Waals surface area contributed by atoms with Crippen LogP contribution >= 0.6 is 0 Å². The zero-order valence-electron chi connectivity index (χ0n) is 9.92. The summed E-state index contributed by atoms with van der Waals surface area (Å²) in [4.78, 5) is 2.46. The van der Waals surface area contributed by atoms with Crippen molar-refractivity contribution in [2.75, 3.05) is 26.2 Å². The van der Waals surface area contributed by atoms with Crippen molar-refractivity contribution >= 4 is 0 Å². The van der Waals surface area contributed by atoms with Gasteiger partial charge in [-0.25, -0.2) is 0 Å². The molecule has 2 atom stereocenters. The molecule has 1 heterocycles. The van der Waals surface area contributed by atoms with Gasteiger partial charge in [-0.05, 0) is 25.8 Å². The Morgan fingerprint density at radius 3 is 2.21 bits per heavy atom. The van der Waals surface area contributed by atoms with Crippen LogP contribution in [0.4, 0.5) is 0 Å². The van der Waals surface area contributed by atoms with E-state index in [9.17, 15) is 0 Å². The van der Waals surface area contributed by atoms with E-state index in [0.29, 0.717) is 12.2 Å². The molecule has 0 saturated carbocycles. The minimum Gasteiger partial charge on any atom is -0.373 e. The first-order chi connectivity index (χ1) is 6.43. The van der Waals surface area contributed by atoms with Gasteiger partial charge in [-0.1, -0.05) is 13.8 Å². The molecule has 14 heavy (non-hydrogen) atoms. The van der Waals surface area contributed by atoms with Crippen LogP contribution in [-0.4, -0.2) is 43.3 Å². The quantitative estimate of drug-likeness (QED) is 0.741. The fourth-order valence-electron chi connectivity index (χ4n) is 2.08. The zero-order chi connectivity index (χ0) is 10.8. The maximum atomic E-state index is 5.73. The summed E-state index contributed by atoms with van der Waals surface area (Å²) >= 11 is 0. The predicted octanol–water partition coefficient (Wildman–Crippen LogP) is 1.08. The van der Waals surface area contributed by atoms with Crippen LogP contribution in [0.15, 0.2) is 0 Å². The minimum atomic E-state index is 0.219. The Morgan fingerprint density at radius 2 is 1.79 bits per heavy atom. The molecule has 1 saturated heterocycles. The summed E-state index contributed by atoms with van der Waals surface area (Å²) in [5.74, 6) is 0. The molecule has 1 rings (SSSR count). The lowest BCUT2D eigenvalue weighted by atomic mass is 9.92. The third-order valence-electron chi connectivity index (χ3n) is 2.70. The molecule has 1 fully saturated rings. The largest absolute Gasteiger partial charge is 0.373 e. The second kappa shape index (κ2) is 4.60. The van der Waals surface area contributed by atoms with Gasteiger partial charge in [0, 0.05) is 19.6 Å². The smallest absolute Gasteiger partial charge is 0.0678 e. The molecule has 2 unspecified atom stereocenters. The lowest BCUT2D eigenvalue weighted by Crippen LogP contribution is -2.49. The van der Waals surface area contributed by atoms with E-state index in [0.717, 1.165) is 26.2 Å². The van der Waals surface area contributed by atoms with Crippen molar-refractivity contribution < 1.29 is 4.74 Å². The summed E-state index contributed by atoms with van der Waals surface area (Å²) in [6.07, 6.45) is 0.708. The van der Waals surface area contributed by atoms with Crippen LogP contribution in [0, 0.1) is 5.41 Å². The third-order valence-corrected chi connectivity index (χ3v) is 2.70. The van der Waals surface area contributed by atoms with Crippen LogP contribution < -0.4 is 5.73 Å². The Balaban J connectivity index is 2.44. The van der Waals surface area contributed by atoms with Gasteiger partial charge in [0.1, 0.15) is 0 Å². The summed E-state index contributed by atoms with van der Waals surface area (Å²) in [5, 5.41) is 0. The highest BCUT2D eigenvalue weighted by Gasteiger charge is 2.26. The van der Waals surface area contributed by atoms with Gasteiger partial charge < -0.3 is 10.5 Å². The van der Waals surface area contributed by atoms with Crippen molar-refractivity contribution in [1.82, 2.24) is 4.90 Å². The molecule has 0 amide bonds. The average molecular weight is 200 g/mol. The van der Waals surface area contributed by atoms with Gasteiger partial charge in [-0.2, -0.15) is 0 Å². The van der Waals surface area contributed by atoms with Crippen LogP contribution in [0.25, 0.3) is 0 Å². The van der Waals surface area contributed by atoms with E-state index in [-0.39, 0.29) is 5.41 Å². The summed E-state index contributed by atoms with van der Waals surface area (Å²) in [7, 11) is 0. The van der Waals surface area contributed by atoms with Crippen molar-refractivity contribution in [2.45, 2.75) is 39.9 Å². The maximum absolute atomic E-state index is 5.73. The molecule has 0 aromatic carbocycles. The second-order valence-corrected chi connectivity index (χ2v) is 5.32. The van der Waals surface area contributed by atoms with Crippen LogP contribution in [0.5, 0.6) is 0 Å². The molecule has 3 nitrogen and oxygen atoms in total. The molecule has 1 aliphatic heterocycles. The van der Waals surface area contributed by atoms with Gasteiger partial charge in [0.05, 0.1) is 12.2 Å². The van der Waals surface area contributed by atoms with E-state index < -0.39 is 0 Å². The Hall–Kier alpha value is -0.120. The van der Waals surface area contributed by atoms with Crippen LogP contribution in [-0.2, 0) is 4.74 Å². The highest BCUT2D eigenvalue weighted by Crippen LogP contribution is 2.18. The fourth-order valence-corrected chi connectivity index (χ4v) is 2.08. The third kappa shape index (κ3) is 3.56. The van der Waals surface area contributed by atoms with E-state index in [2.05, 4.69) is 32.6 Å². The molecule has 0 spiro atoms.